The summed E-state index contributed by atoms with van der Waals surface area (Å²) in [5.41, 5.74) is 12.2. The first-order valence-electron chi connectivity index (χ1n) is 15.5. The molecule has 0 saturated carbocycles. The molecule has 0 spiro atoms. The largest absolute Gasteiger partial charge is 0.288 e. The molecule has 0 N–H and O–H groups in total. The number of fused-ring (bicyclic) bond motifs is 6. The van der Waals surface area contributed by atoms with Gasteiger partial charge in [-0.2, -0.15) is 0 Å². The van der Waals surface area contributed by atoms with Gasteiger partial charge in [-0.15, -0.1) is 5.73 Å². The van der Waals surface area contributed by atoms with Gasteiger partial charge in [-0.1, -0.05) is 159 Å². The van der Waals surface area contributed by atoms with Crippen LogP contribution in [0.4, 0.5) is 0 Å². The molecule has 0 heterocycles. The second-order valence-corrected chi connectivity index (χ2v) is 13.6. The van der Waals surface area contributed by atoms with E-state index in [1.807, 2.05) is 97.1 Å². The molecule has 1 atom stereocenters. The predicted octanol–water partition coefficient (Wildman–Crippen LogP) is 10.9. The number of benzene rings is 6. The van der Waals surface area contributed by atoms with Crippen molar-refractivity contribution in [2.75, 3.05) is 0 Å². The van der Waals surface area contributed by atoms with E-state index < -0.39 is 5.41 Å². The summed E-state index contributed by atoms with van der Waals surface area (Å²) in [4.78, 5) is 28.8. The second kappa shape index (κ2) is 12.1. The molecule has 0 saturated heterocycles. The molecular weight excluding hydrogens is 720 g/mol. The molecule has 4 heteroatoms. The molecule has 0 bridgehead atoms. The Balaban J connectivity index is 1.55. The SMILES string of the molecule is O=C(C#CC1(C(=C=C2c3ccccc3-c3ccc(Br)cc32)C(=O)c2ccccc2)c2ccccc2-c2ccc(Br)cc21)c1ccccc1. The number of carbonyl (C=O) groups excluding carboxylic acids is 2. The molecule has 226 valence electrons. The van der Waals surface area contributed by atoms with Crippen molar-refractivity contribution in [2.45, 2.75) is 5.41 Å². The number of rotatable bonds is 4. The standard InChI is InChI=1S/C44H24Br2O2/c45-30-19-21-34-32-15-7-8-16-33(32)38(37(34)25-30)27-41(43(48)29-13-5-2-6-14-29)44(24-23-42(47)28-11-3-1-4-12-28)39-18-10-9-17-35(39)36-22-20-31(46)26-40(36)44/h1-22,25-26H. The van der Waals surface area contributed by atoms with Gasteiger partial charge in [0.1, 0.15) is 5.41 Å². The van der Waals surface area contributed by atoms with E-state index in [4.69, 9.17) is 0 Å². The Morgan fingerprint density at radius 1 is 0.500 bits per heavy atom. The smallest absolute Gasteiger partial charge is 0.235 e. The first-order chi connectivity index (χ1) is 23.5. The van der Waals surface area contributed by atoms with Crippen LogP contribution < -0.4 is 0 Å². The lowest BCUT2D eigenvalue weighted by atomic mass is 9.70. The first kappa shape index (κ1) is 30.1. The van der Waals surface area contributed by atoms with E-state index in [9.17, 15) is 4.79 Å². The Bertz CT molecular complexity index is 2440. The molecule has 0 fully saturated rings. The fourth-order valence-electron chi connectivity index (χ4n) is 6.88. The van der Waals surface area contributed by atoms with Crippen LogP contribution >= 0.6 is 31.9 Å². The predicted molar refractivity (Wildman–Crippen MR) is 199 cm³/mol. The van der Waals surface area contributed by atoms with Gasteiger partial charge < -0.3 is 0 Å². The summed E-state index contributed by atoms with van der Waals surface area (Å²) in [5.74, 6) is 5.92. The summed E-state index contributed by atoms with van der Waals surface area (Å²) in [6.07, 6.45) is 0. The van der Waals surface area contributed by atoms with Crippen molar-refractivity contribution in [3.8, 4) is 34.1 Å². The lowest BCUT2D eigenvalue weighted by Gasteiger charge is -2.28. The van der Waals surface area contributed by atoms with Gasteiger partial charge in [-0.3, -0.25) is 9.59 Å². The normalized spacial score (nSPS) is 14.8. The van der Waals surface area contributed by atoms with Crippen molar-refractivity contribution in [1.82, 2.24) is 0 Å². The minimum atomic E-state index is -1.33. The number of hydrogen-bond acceptors (Lipinski definition) is 2. The van der Waals surface area contributed by atoms with Gasteiger partial charge in [0.05, 0.1) is 5.57 Å². The van der Waals surface area contributed by atoms with Gasteiger partial charge in [0.25, 0.3) is 0 Å². The lowest BCUT2D eigenvalue weighted by Crippen LogP contribution is -2.31. The monoisotopic (exact) mass is 742 g/mol. The van der Waals surface area contributed by atoms with E-state index in [0.717, 1.165) is 59.0 Å². The van der Waals surface area contributed by atoms with Crippen LogP contribution in [0.1, 0.15) is 43.0 Å². The van der Waals surface area contributed by atoms with E-state index in [-0.39, 0.29) is 11.6 Å². The minimum absolute atomic E-state index is 0.215. The third kappa shape index (κ3) is 4.88. The van der Waals surface area contributed by atoms with Crippen molar-refractivity contribution < 1.29 is 9.59 Å². The van der Waals surface area contributed by atoms with Crippen molar-refractivity contribution in [1.29, 1.82) is 0 Å². The summed E-state index contributed by atoms with van der Waals surface area (Å²) in [6.45, 7) is 0. The third-order valence-electron chi connectivity index (χ3n) is 9.03. The number of allylic oxidation sites excluding steroid dienone is 1. The minimum Gasteiger partial charge on any atom is -0.288 e. The fraction of sp³-hybridized carbons (Fsp3) is 0.0227. The van der Waals surface area contributed by atoms with Gasteiger partial charge >= 0.3 is 0 Å². The number of carbonyl (C=O) groups is 2. The molecule has 2 aliphatic rings. The maximum absolute atomic E-state index is 15.1. The van der Waals surface area contributed by atoms with Crippen molar-refractivity contribution >= 4 is 49.0 Å². The zero-order chi connectivity index (χ0) is 32.8. The molecule has 1 unspecified atom stereocenters. The van der Waals surface area contributed by atoms with Gasteiger partial charge in [0, 0.05) is 25.6 Å². The van der Waals surface area contributed by atoms with Crippen molar-refractivity contribution in [3.05, 3.63) is 199 Å². The van der Waals surface area contributed by atoms with E-state index in [1.54, 1.807) is 12.1 Å². The Morgan fingerprint density at radius 3 is 1.77 bits per heavy atom. The summed E-state index contributed by atoms with van der Waals surface area (Å²) in [6, 6.07) is 46.8. The van der Waals surface area contributed by atoms with Crippen LogP contribution in [0.15, 0.2) is 166 Å². The van der Waals surface area contributed by atoms with Crippen LogP contribution in [0.5, 0.6) is 0 Å². The molecule has 0 aliphatic heterocycles. The lowest BCUT2D eigenvalue weighted by molar-refractivity contribution is 0.102. The van der Waals surface area contributed by atoms with Gasteiger partial charge in [0.15, 0.2) is 5.78 Å². The van der Waals surface area contributed by atoms with Crippen LogP contribution in [0.3, 0.4) is 0 Å². The van der Waals surface area contributed by atoms with E-state index >= 15 is 4.79 Å². The number of hydrogen-bond donors (Lipinski definition) is 0. The summed E-state index contributed by atoms with van der Waals surface area (Å²) in [7, 11) is 0. The van der Waals surface area contributed by atoms with Crippen LogP contribution in [0.2, 0.25) is 0 Å². The molecule has 48 heavy (non-hydrogen) atoms. The van der Waals surface area contributed by atoms with Gasteiger partial charge in [-0.05, 0) is 74.7 Å². The summed E-state index contributed by atoms with van der Waals surface area (Å²) in [5, 5.41) is 0. The van der Waals surface area contributed by atoms with E-state index in [0.29, 0.717) is 16.7 Å². The zero-order valence-corrected chi connectivity index (χ0v) is 28.6. The maximum atomic E-state index is 15.1. The molecule has 0 radical (unpaired) electrons. The summed E-state index contributed by atoms with van der Waals surface area (Å²) >= 11 is 7.39. The Labute approximate surface area is 295 Å². The highest BCUT2D eigenvalue weighted by molar-refractivity contribution is 9.10. The quantitative estimate of drug-likeness (QED) is 0.0591. The van der Waals surface area contributed by atoms with Gasteiger partial charge in [0.2, 0.25) is 5.78 Å². The molecular formula is C44H24Br2O2. The second-order valence-electron chi connectivity index (χ2n) is 11.7. The highest BCUT2D eigenvalue weighted by Gasteiger charge is 2.48. The molecule has 0 aromatic heterocycles. The zero-order valence-electron chi connectivity index (χ0n) is 25.4. The van der Waals surface area contributed by atoms with Crippen LogP contribution in [0, 0.1) is 11.8 Å². The van der Waals surface area contributed by atoms with Crippen LogP contribution in [-0.4, -0.2) is 11.6 Å². The van der Waals surface area contributed by atoms with Gasteiger partial charge in [-0.25, -0.2) is 0 Å². The van der Waals surface area contributed by atoms with Crippen LogP contribution in [-0.2, 0) is 5.41 Å². The summed E-state index contributed by atoms with van der Waals surface area (Å²) < 4.78 is 1.77. The number of ketones is 2. The molecule has 8 rings (SSSR count). The molecule has 0 amide bonds. The molecule has 6 aromatic carbocycles. The van der Waals surface area contributed by atoms with Crippen molar-refractivity contribution in [2.24, 2.45) is 0 Å². The fourth-order valence-corrected chi connectivity index (χ4v) is 7.61. The molecule has 2 nitrogen and oxygen atoms in total. The molecule has 2 aliphatic carbocycles. The highest BCUT2D eigenvalue weighted by atomic mass is 79.9. The van der Waals surface area contributed by atoms with Crippen LogP contribution in [0.25, 0.3) is 27.8 Å². The van der Waals surface area contributed by atoms with Crippen molar-refractivity contribution in [3.63, 3.8) is 0 Å². The average Bonchev–Trinajstić information content (AvgIpc) is 3.58. The topological polar surface area (TPSA) is 34.1 Å². The average molecular weight is 744 g/mol. The Kier molecular flexibility index (Phi) is 7.55. The number of Topliss-reactive ketones (excluding diaryl/α,β-unsaturated/α-hetero) is 2. The van der Waals surface area contributed by atoms with E-state index in [2.05, 4.69) is 85.8 Å². The van der Waals surface area contributed by atoms with E-state index in [1.165, 1.54) is 0 Å². The Morgan fingerprint density at radius 2 is 1.04 bits per heavy atom. The third-order valence-corrected chi connectivity index (χ3v) is 10.0. The maximum Gasteiger partial charge on any atom is 0.235 e. The first-order valence-corrected chi connectivity index (χ1v) is 17.1. The number of halogens is 2. The molecule has 6 aromatic rings. The highest BCUT2D eigenvalue weighted by Crippen LogP contribution is 2.54. The Hall–Kier alpha value is -5.30.